The number of hydrogen-bond donors (Lipinski definition) is 0. The van der Waals surface area contributed by atoms with E-state index in [-0.39, 0.29) is 0 Å². The molecule has 0 spiro atoms. The largest absolute Gasteiger partial charge is 0.456 e. The second-order valence-electron chi connectivity index (χ2n) is 36.2. The molecular weight excluding hydrogens is 1920 g/mol. The molecule has 0 radical (unpaired) electrons. The van der Waals surface area contributed by atoms with Crippen LogP contribution in [-0.2, 0) is 6.42 Å². The van der Waals surface area contributed by atoms with Crippen molar-refractivity contribution in [1.29, 1.82) is 0 Å². The van der Waals surface area contributed by atoms with Gasteiger partial charge in [0.2, 0.25) is 0 Å². The molecule has 0 N–H and O–H groups in total. The molecule has 0 saturated carbocycles. The molecule has 0 fully saturated rings. The van der Waals surface area contributed by atoms with E-state index in [1.807, 2.05) is 0 Å². The van der Waals surface area contributed by atoms with Crippen molar-refractivity contribution in [1.82, 2.24) is 0 Å². The van der Waals surface area contributed by atoms with E-state index in [2.05, 4.69) is 573 Å². The summed E-state index contributed by atoms with van der Waals surface area (Å²) in [7, 11) is 0. The Morgan fingerprint density at radius 3 is 0.757 bits per heavy atom. The third-order valence-electron chi connectivity index (χ3n) is 27.5. The van der Waals surface area contributed by atoms with Crippen molar-refractivity contribution in [2.75, 3.05) is 29.4 Å². The Morgan fingerprint density at radius 2 is 0.429 bits per heavy atom. The van der Waals surface area contributed by atoms with Crippen LogP contribution < -0.4 is 50.9 Å². The van der Waals surface area contributed by atoms with Gasteiger partial charge in [0.15, 0.2) is 0 Å². The van der Waals surface area contributed by atoms with Crippen molar-refractivity contribution in [2.45, 2.75) is 16.3 Å². The summed E-state index contributed by atoms with van der Waals surface area (Å²) in [6, 6.07) is 190. The van der Waals surface area contributed by atoms with Gasteiger partial charge in [0.1, 0.15) is 11.3 Å². The molecule has 0 saturated heterocycles. The first kappa shape index (κ1) is 86.3. The SMILES string of the molecule is [CH3][Sn]1([CH3])[c]2ccc(N(c3ccccc3)c3ccccc3)cc2-c2oc3cc(N(c4ccccc4)c4ccccc4)ccc3[c]21.c1ccc(N(c2ccccc2)c2cc[c]3c(c2)-c2oc4cc(N(c5ccccc5)c5ccccc5)ccc4[c]2[Sn]3([c]2ccccc2)[c]2ccccc2)cc1.c1ccc(N(c2ccccc2)c2ccc3c(c2)-c2oc4ccc(N(c5ccccc5)c5ccccc5)cc4c2C3)cc1. The number of anilines is 18. The summed E-state index contributed by atoms with van der Waals surface area (Å²) in [6.45, 7) is 0. The van der Waals surface area contributed by atoms with Crippen LogP contribution in [-0.4, -0.2) is 36.8 Å². The molecule has 0 bridgehead atoms. The van der Waals surface area contributed by atoms with Crippen LogP contribution in [0.25, 0.3) is 66.9 Å². The Labute approximate surface area is 824 Å². The van der Waals surface area contributed by atoms with E-state index in [1.54, 1.807) is 0 Å². The molecule has 9 nitrogen and oxygen atoms in total. The van der Waals surface area contributed by atoms with Crippen LogP contribution in [0.5, 0.6) is 0 Å². The van der Waals surface area contributed by atoms with Crippen LogP contribution in [0, 0.1) is 0 Å². The quantitative estimate of drug-likeness (QED) is 0.0695. The van der Waals surface area contributed by atoms with Gasteiger partial charge in [0.25, 0.3) is 0 Å². The second-order valence-corrected chi connectivity index (χ2v) is 59.0. The third-order valence-corrected chi connectivity index (χ3v) is 51.6. The van der Waals surface area contributed by atoms with Gasteiger partial charge < -0.3 is 14.2 Å². The maximum absolute atomic E-state index is 7.25. The van der Waals surface area contributed by atoms with Crippen LogP contribution >= 0.6 is 0 Å². The fourth-order valence-electron chi connectivity index (χ4n) is 21.4. The third kappa shape index (κ3) is 15.8. The summed E-state index contributed by atoms with van der Waals surface area (Å²) in [5.74, 6) is 3.03. The minimum Gasteiger partial charge on any atom is -0.456 e. The van der Waals surface area contributed by atoms with E-state index >= 15 is 0 Å². The molecule has 140 heavy (non-hydrogen) atoms. The van der Waals surface area contributed by atoms with Gasteiger partial charge in [-0.3, -0.25) is 0 Å². The molecule has 0 amide bonds. The molecule has 1 aliphatic carbocycles. The van der Waals surface area contributed by atoms with Gasteiger partial charge in [0, 0.05) is 57.1 Å². The summed E-state index contributed by atoms with van der Waals surface area (Å²) < 4.78 is 29.3. The predicted molar refractivity (Wildman–Crippen MR) is 590 cm³/mol. The van der Waals surface area contributed by atoms with Gasteiger partial charge >= 0.3 is 585 Å². The number of para-hydroxylation sites is 12. The van der Waals surface area contributed by atoms with Gasteiger partial charge in [-0.2, -0.15) is 0 Å². The number of fused-ring (bicyclic) bond motifs is 15. The van der Waals surface area contributed by atoms with E-state index in [1.165, 1.54) is 65.5 Å². The second kappa shape index (κ2) is 37.5. The normalized spacial score (nSPS) is 12.4. The van der Waals surface area contributed by atoms with Crippen LogP contribution in [0.2, 0.25) is 9.88 Å². The van der Waals surface area contributed by atoms with Crippen molar-refractivity contribution in [3.8, 4) is 34.0 Å². The Balaban J connectivity index is 0.000000115. The van der Waals surface area contributed by atoms with Crippen molar-refractivity contribution >= 4 is 194 Å². The zero-order valence-electron chi connectivity index (χ0n) is 77.4. The van der Waals surface area contributed by atoms with Gasteiger partial charge in [-0.1, -0.05) is 78.9 Å². The summed E-state index contributed by atoms with van der Waals surface area (Å²) >= 11 is -6.94. The minimum absolute atomic E-state index is 0.856. The molecule has 0 atom stereocenters. The van der Waals surface area contributed by atoms with E-state index < -0.39 is 36.8 Å². The zero-order valence-corrected chi connectivity index (χ0v) is 83.1. The maximum atomic E-state index is 7.25. The zero-order chi connectivity index (χ0) is 93.5. The summed E-state index contributed by atoms with van der Waals surface area (Å²) in [5, 5.41) is 3.62. The van der Waals surface area contributed by atoms with Crippen molar-refractivity contribution in [3.63, 3.8) is 0 Å². The maximum Gasteiger partial charge on any atom is 0.139 e. The van der Waals surface area contributed by atoms with Gasteiger partial charge in [-0.05, 0) is 84.4 Å². The molecule has 20 aromatic carbocycles. The topological polar surface area (TPSA) is 58.9 Å². The smallest absolute Gasteiger partial charge is 0.139 e. The molecule has 3 aliphatic rings. The van der Waals surface area contributed by atoms with Gasteiger partial charge in [-0.15, -0.1) is 0 Å². The first-order valence-electron chi connectivity index (χ1n) is 47.9. The molecule has 26 rings (SSSR count). The van der Waals surface area contributed by atoms with Crippen LogP contribution in [0.1, 0.15) is 11.1 Å². The number of rotatable bonds is 20. The summed E-state index contributed by atoms with van der Waals surface area (Å²) in [5.41, 5.74) is 28.9. The minimum atomic E-state index is -4.00. The molecule has 0 unspecified atom stereocenters. The fourth-order valence-corrected chi connectivity index (χ4v) is 45.6. The number of benzene rings is 20. The molecule has 3 aromatic heterocycles. The van der Waals surface area contributed by atoms with Crippen LogP contribution in [0.4, 0.5) is 102 Å². The summed E-state index contributed by atoms with van der Waals surface area (Å²) in [6.07, 6.45) is 0.856. The number of nitrogens with zero attached hydrogens (tertiary/aromatic N) is 6. The summed E-state index contributed by atoms with van der Waals surface area (Å²) in [4.78, 5) is 18.9. The molecule has 5 heterocycles. The first-order chi connectivity index (χ1) is 69.2. The molecular formula is C129H96N6O3Sn2. The molecule has 23 aromatic rings. The number of hydrogen-bond acceptors (Lipinski definition) is 9. The Morgan fingerprint density at radius 1 is 0.186 bits per heavy atom. The average Bonchev–Trinajstić information content (AvgIpc) is 1.51. The fraction of sp³-hybridized carbons (Fsp3) is 0.0233. The van der Waals surface area contributed by atoms with Crippen molar-refractivity contribution in [2.24, 2.45) is 0 Å². The van der Waals surface area contributed by atoms with Crippen molar-refractivity contribution < 1.29 is 13.3 Å². The Kier molecular flexibility index (Phi) is 23.1. The number of furan rings is 3. The van der Waals surface area contributed by atoms with Crippen molar-refractivity contribution in [3.05, 3.63) is 545 Å². The van der Waals surface area contributed by atoms with Crippen LogP contribution in [0.15, 0.2) is 547 Å². The van der Waals surface area contributed by atoms with Gasteiger partial charge in [-0.25, -0.2) is 0 Å². The van der Waals surface area contributed by atoms with Crippen LogP contribution in [0.3, 0.4) is 0 Å². The van der Waals surface area contributed by atoms with E-state index in [0.717, 1.165) is 143 Å². The van der Waals surface area contributed by atoms with Gasteiger partial charge in [0.05, 0.1) is 0 Å². The molecule has 11 heteroatoms. The molecule has 2 aliphatic heterocycles. The van der Waals surface area contributed by atoms with E-state index in [4.69, 9.17) is 13.3 Å². The molecule has 668 valence electrons. The predicted octanol–water partition coefficient (Wildman–Crippen LogP) is 31.8. The van der Waals surface area contributed by atoms with E-state index in [9.17, 15) is 0 Å². The first-order valence-corrected chi connectivity index (χ1v) is 62.2. The standard InChI is InChI=1S/C39H28N2O.2C38H26N2O.2C6H5.2CH3.2Sn/c1-5-13-29(14-6-1)40(30-15-7-2-8-16-30)33-22-21-28-25-37-36-27-34(23-24-38(36)42-39(37)35(28)26-33)41(31-17-9-3-10-18-31)32-19-11-4-12-20-32;2*1-5-15-31(16-6-1)39(32-17-7-2-8-18-32)35-23-13-14-29(26-35)37-27-30-24-25-36(28-38(30)41-37)40(33-19-9-3-10-20-33)34-21-11-4-12-22-34;2*1-2-4-6-5-3-1;;;;/h1-24,26-27H,25H2;2*1-13,15-26,28H;2*1-5H;2*1H3;;. The average molecular weight is 2020 g/mol. The Bertz CT molecular complexity index is 8070. The van der Waals surface area contributed by atoms with E-state index in [0.29, 0.717) is 0 Å². The monoisotopic (exact) mass is 2020 g/mol. The Hall–Kier alpha value is -16.6.